The molecule has 1 fully saturated rings. The van der Waals surface area contributed by atoms with Crippen LogP contribution in [0.1, 0.15) is 13.8 Å². The molecular weight excluding hydrogens is 266 g/mol. The zero-order valence-electron chi connectivity index (χ0n) is 11.2. The first-order chi connectivity index (χ1) is 9.43. The van der Waals surface area contributed by atoms with Crippen LogP contribution in [0, 0.1) is 0 Å². The summed E-state index contributed by atoms with van der Waals surface area (Å²) in [5, 5.41) is 2.68. The number of methoxy groups -OCH3 is 1. The van der Waals surface area contributed by atoms with Crippen molar-refractivity contribution in [3.05, 3.63) is 24.3 Å². The molecule has 106 valence electrons. The number of nitrogens with zero attached hydrogens (tertiary/aromatic N) is 2. The molecule has 0 aromatic carbocycles. The molecule has 1 aliphatic rings. The number of carbonyl (C=O) groups excluding carboxylic acids is 2. The third kappa shape index (κ3) is 2.85. The fraction of sp³-hybridized carbons (Fsp3) is 0.333. The Labute approximate surface area is 114 Å². The Morgan fingerprint density at radius 2 is 1.95 bits per heavy atom. The highest BCUT2D eigenvalue weighted by molar-refractivity contribution is 6.15. The number of carbonyl (C=O) groups is 2. The van der Waals surface area contributed by atoms with Gasteiger partial charge in [0.2, 0.25) is 0 Å². The topological polar surface area (TPSA) is 99.6 Å². The maximum Gasteiger partial charge on any atom is 0.350 e. The van der Waals surface area contributed by atoms with Crippen LogP contribution >= 0.6 is 0 Å². The molecule has 8 nitrogen and oxygen atoms in total. The molecule has 0 amide bonds. The molecule has 0 radical (unpaired) electrons. The van der Waals surface area contributed by atoms with Gasteiger partial charge in [0.1, 0.15) is 6.33 Å². The van der Waals surface area contributed by atoms with Crippen molar-refractivity contribution < 1.29 is 23.8 Å². The summed E-state index contributed by atoms with van der Waals surface area (Å²) in [5.74, 6) is -2.14. The number of cyclic esters (lactones) is 2. The lowest BCUT2D eigenvalue weighted by molar-refractivity contribution is -0.222. The van der Waals surface area contributed by atoms with Crippen molar-refractivity contribution in [3.63, 3.8) is 0 Å². The summed E-state index contributed by atoms with van der Waals surface area (Å²) >= 11 is 0. The lowest BCUT2D eigenvalue weighted by atomic mass is 10.2. The van der Waals surface area contributed by atoms with E-state index in [0.29, 0.717) is 11.6 Å². The van der Waals surface area contributed by atoms with Crippen LogP contribution in [-0.2, 0) is 19.1 Å². The molecule has 2 rings (SSSR count). The second-order valence-electron chi connectivity index (χ2n) is 4.32. The van der Waals surface area contributed by atoms with Gasteiger partial charge in [-0.3, -0.25) is 0 Å². The van der Waals surface area contributed by atoms with Gasteiger partial charge in [0.25, 0.3) is 5.79 Å². The first-order valence-corrected chi connectivity index (χ1v) is 5.70. The van der Waals surface area contributed by atoms with Crippen LogP contribution in [0.5, 0.6) is 5.75 Å². The van der Waals surface area contributed by atoms with E-state index in [-0.39, 0.29) is 5.57 Å². The maximum atomic E-state index is 11.7. The Morgan fingerprint density at radius 3 is 2.55 bits per heavy atom. The van der Waals surface area contributed by atoms with Crippen LogP contribution in [-0.4, -0.2) is 34.8 Å². The molecule has 0 unspecified atom stereocenters. The first-order valence-electron chi connectivity index (χ1n) is 5.70. The molecule has 8 heteroatoms. The molecule has 1 aromatic rings. The monoisotopic (exact) mass is 279 g/mol. The second-order valence-corrected chi connectivity index (χ2v) is 4.32. The number of anilines is 1. The van der Waals surface area contributed by atoms with Gasteiger partial charge in [-0.2, -0.15) is 0 Å². The second kappa shape index (κ2) is 5.16. The van der Waals surface area contributed by atoms with Crippen molar-refractivity contribution in [2.24, 2.45) is 0 Å². The largest absolute Gasteiger partial charge is 0.491 e. The number of ether oxygens (including phenoxy) is 3. The van der Waals surface area contributed by atoms with Gasteiger partial charge >= 0.3 is 11.9 Å². The van der Waals surface area contributed by atoms with Gasteiger partial charge in [0.05, 0.1) is 13.3 Å². The van der Waals surface area contributed by atoms with Gasteiger partial charge in [0.15, 0.2) is 17.1 Å². The number of hydrogen-bond acceptors (Lipinski definition) is 8. The quantitative estimate of drug-likeness (QED) is 0.488. The minimum atomic E-state index is -1.27. The van der Waals surface area contributed by atoms with Gasteiger partial charge < -0.3 is 19.5 Å². The third-order valence-corrected chi connectivity index (χ3v) is 2.37. The van der Waals surface area contributed by atoms with E-state index in [9.17, 15) is 9.59 Å². The van der Waals surface area contributed by atoms with Gasteiger partial charge in [-0.1, -0.05) is 0 Å². The van der Waals surface area contributed by atoms with E-state index in [1.807, 2.05) is 0 Å². The van der Waals surface area contributed by atoms with Crippen LogP contribution in [0.25, 0.3) is 0 Å². The van der Waals surface area contributed by atoms with Crippen molar-refractivity contribution in [2.75, 3.05) is 12.4 Å². The van der Waals surface area contributed by atoms with E-state index in [4.69, 9.17) is 14.2 Å². The summed E-state index contributed by atoms with van der Waals surface area (Å²) in [6.07, 6.45) is 3.89. The number of hydrogen-bond donors (Lipinski definition) is 1. The molecule has 0 spiro atoms. The number of nitrogens with one attached hydrogen (secondary N) is 1. The summed E-state index contributed by atoms with van der Waals surface area (Å²) in [6.45, 7) is 2.95. The Hall–Kier alpha value is -2.64. The number of aromatic nitrogens is 2. The molecule has 0 saturated carbocycles. The Morgan fingerprint density at radius 1 is 1.30 bits per heavy atom. The lowest BCUT2D eigenvalue weighted by Crippen LogP contribution is -2.42. The van der Waals surface area contributed by atoms with E-state index >= 15 is 0 Å². The predicted octanol–water partition coefficient (Wildman–Crippen LogP) is 0.617. The number of esters is 2. The SMILES string of the molecule is COc1cncnc1NC=C1C(=O)OC(C)(C)OC1=O. The normalized spacial score (nSPS) is 17.1. The molecule has 20 heavy (non-hydrogen) atoms. The molecular formula is C12H13N3O5. The van der Waals surface area contributed by atoms with Crippen LogP contribution in [0.4, 0.5) is 5.82 Å². The number of rotatable bonds is 3. The van der Waals surface area contributed by atoms with Crippen molar-refractivity contribution in [1.29, 1.82) is 0 Å². The highest BCUT2D eigenvalue weighted by Crippen LogP contribution is 2.24. The molecule has 1 aromatic heterocycles. The standard InChI is InChI=1S/C12H13N3O5/c1-12(2)19-10(16)7(11(17)20-12)4-14-9-8(18-3)5-13-6-15-9/h4-6H,1-3H3,(H,13,14,15). The van der Waals surface area contributed by atoms with Crippen LogP contribution in [0.15, 0.2) is 24.3 Å². The molecule has 1 N–H and O–H groups in total. The average molecular weight is 279 g/mol. The van der Waals surface area contributed by atoms with Crippen LogP contribution < -0.4 is 10.1 Å². The summed E-state index contributed by atoms with van der Waals surface area (Å²) in [4.78, 5) is 31.1. The van der Waals surface area contributed by atoms with E-state index in [0.717, 1.165) is 6.20 Å². The van der Waals surface area contributed by atoms with Crippen molar-refractivity contribution in [2.45, 2.75) is 19.6 Å². The van der Waals surface area contributed by atoms with E-state index in [1.165, 1.54) is 33.5 Å². The van der Waals surface area contributed by atoms with E-state index < -0.39 is 17.7 Å². The zero-order valence-corrected chi connectivity index (χ0v) is 11.2. The fourth-order valence-corrected chi connectivity index (χ4v) is 1.49. The smallest absolute Gasteiger partial charge is 0.350 e. The van der Waals surface area contributed by atoms with E-state index in [1.54, 1.807) is 0 Å². The lowest BCUT2D eigenvalue weighted by Gasteiger charge is -2.29. The predicted molar refractivity (Wildman–Crippen MR) is 66.6 cm³/mol. The Bertz CT molecular complexity index is 560. The van der Waals surface area contributed by atoms with Gasteiger partial charge in [0, 0.05) is 20.0 Å². The Kier molecular flexibility index (Phi) is 3.55. The molecule has 0 atom stereocenters. The molecule has 2 heterocycles. The third-order valence-electron chi connectivity index (χ3n) is 2.37. The van der Waals surface area contributed by atoms with Gasteiger partial charge in [-0.05, 0) is 0 Å². The van der Waals surface area contributed by atoms with Crippen LogP contribution in [0.3, 0.4) is 0 Å². The summed E-state index contributed by atoms with van der Waals surface area (Å²) in [7, 11) is 1.45. The highest BCUT2D eigenvalue weighted by atomic mass is 16.7. The van der Waals surface area contributed by atoms with E-state index in [2.05, 4.69) is 15.3 Å². The van der Waals surface area contributed by atoms with Crippen molar-refractivity contribution in [3.8, 4) is 5.75 Å². The molecule has 0 aliphatic carbocycles. The van der Waals surface area contributed by atoms with Gasteiger partial charge in [-0.15, -0.1) is 0 Å². The van der Waals surface area contributed by atoms with Crippen molar-refractivity contribution >= 4 is 17.8 Å². The summed E-state index contributed by atoms with van der Waals surface area (Å²) in [6, 6.07) is 0. The Balaban J connectivity index is 2.19. The fourth-order valence-electron chi connectivity index (χ4n) is 1.49. The average Bonchev–Trinajstić information content (AvgIpc) is 2.36. The highest BCUT2D eigenvalue weighted by Gasteiger charge is 2.38. The molecule has 1 saturated heterocycles. The maximum absolute atomic E-state index is 11.7. The minimum Gasteiger partial charge on any atom is -0.491 e. The first kappa shape index (κ1) is 13.8. The van der Waals surface area contributed by atoms with Crippen LogP contribution in [0.2, 0.25) is 0 Å². The minimum absolute atomic E-state index is 0.259. The van der Waals surface area contributed by atoms with Crippen molar-refractivity contribution in [1.82, 2.24) is 9.97 Å². The summed E-state index contributed by atoms with van der Waals surface area (Å²) in [5.41, 5.74) is -0.259. The summed E-state index contributed by atoms with van der Waals surface area (Å²) < 4.78 is 14.9. The van der Waals surface area contributed by atoms with Gasteiger partial charge in [-0.25, -0.2) is 19.6 Å². The molecule has 0 bridgehead atoms. The molecule has 1 aliphatic heterocycles. The zero-order chi connectivity index (χ0) is 14.8.